The Bertz CT molecular complexity index is 381. The van der Waals surface area contributed by atoms with E-state index in [0.717, 1.165) is 0 Å². The molecule has 1 N–H and O–H groups in total. The molecule has 0 amide bonds. The maximum Gasteiger partial charge on any atom is 0.303 e. The van der Waals surface area contributed by atoms with Crippen molar-refractivity contribution in [2.75, 3.05) is 0 Å². The molecule has 0 unspecified atom stereocenters. The second kappa shape index (κ2) is 4.72. The zero-order valence-electron chi connectivity index (χ0n) is 8.74. The van der Waals surface area contributed by atoms with E-state index in [0.29, 0.717) is 17.3 Å². The maximum atomic E-state index is 11.3. The predicted molar refractivity (Wildman–Crippen MR) is 51.6 cm³/mol. The number of aryl methyl sites for hydroxylation is 2. The Morgan fingerprint density at radius 3 is 2.47 bits per heavy atom. The van der Waals surface area contributed by atoms with Gasteiger partial charge in [-0.25, -0.2) is 4.98 Å². The Labute approximate surface area is 87.1 Å². The van der Waals surface area contributed by atoms with E-state index in [1.165, 1.54) is 0 Å². The fraction of sp³-hybridized carbons (Fsp3) is 0.500. The number of aromatic nitrogens is 1. The summed E-state index contributed by atoms with van der Waals surface area (Å²) in [6.07, 6.45) is 0.0614. The number of aliphatic carboxylic acids is 1. The molecule has 0 saturated heterocycles. The Balaban J connectivity index is 2.51. The number of rotatable bonds is 5. The summed E-state index contributed by atoms with van der Waals surface area (Å²) in [5.41, 5.74) is 0.600. The van der Waals surface area contributed by atoms with Crippen molar-refractivity contribution in [3.05, 3.63) is 17.3 Å². The summed E-state index contributed by atoms with van der Waals surface area (Å²) in [7, 11) is 0. The lowest BCUT2D eigenvalue weighted by atomic mass is 10.1. The van der Waals surface area contributed by atoms with Gasteiger partial charge < -0.3 is 9.52 Å². The third-order valence-electron chi connectivity index (χ3n) is 1.98. The van der Waals surface area contributed by atoms with E-state index >= 15 is 0 Å². The minimum absolute atomic E-state index is 0.0423. The van der Waals surface area contributed by atoms with Gasteiger partial charge in [0.15, 0.2) is 5.89 Å². The van der Waals surface area contributed by atoms with Crippen LogP contribution in [0.2, 0.25) is 0 Å². The molecule has 0 aliphatic heterocycles. The summed E-state index contributed by atoms with van der Waals surface area (Å²) < 4.78 is 5.16. The Morgan fingerprint density at radius 2 is 2.00 bits per heavy atom. The highest BCUT2D eigenvalue weighted by atomic mass is 16.4. The van der Waals surface area contributed by atoms with Crippen molar-refractivity contribution in [1.82, 2.24) is 4.98 Å². The van der Waals surface area contributed by atoms with Gasteiger partial charge >= 0.3 is 5.97 Å². The molecule has 1 rings (SSSR count). The van der Waals surface area contributed by atoms with Crippen LogP contribution in [0.1, 0.15) is 30.2 Å². The largest absolute Gasteiger partial charge is 0.481 e. The van der Waals surface area contributed by atoms with E-state index in [4.69, 9.17) is 9.52 Å². The first-order chi connectivity index (χ1) is 6.99. The molecule has 0 bridgehead atoms. The van der Waals surface area contributed by atoms with Crippen molar-refractivity contribution in [1.29, 1.82) is 0 Å². The van der Waals surface area contributed by atoms with Gasteiger partial charge in [-0.2, -0.15) is 0 Å². The standard InChI is InChI=1S/C10H13NO4/c1-6-9(11-7(2)15-6)5-8(12)3-4-10(13)14/h3-5H2,1-2H3,(H,13,14). The molecule has 0 aromatic carbocycles. The first kappa shape index (κ1) is 11.4. The lowest BCUT2D eigenvalue weighted by molar-refractivity contribution is -0.138. The number of ketones is 1. The summed E-state index contributed by atoms with van der Waals surface area (Å²) in [6.45, 7) is 3.44. The molecule has 0 aliphatic rings. The van der Waals surface area contributed by atoms with Crippen LogP contribution in [0.25, 0.3) is 0 Å². The fourth-order valence-corrected chi connectivity index (χ4v) is 1.26. The second-order valence-electron chi connectivity index (χ2n) is 3.34. The average Bonchev–Trinajstić information content (AvgIpc) is 2.42. The van der Waals surface area contributed by atoms with Crippen LogP contribution < -0.4 is 0 Å². The molecular formula is C10H13NO4. The van der Waals surface area contributed by atoms with Crippen LogP contribution in [0.15, 0.2) is 4.42 Å². The number of hydrogen-bond acceptors (Lipinski definition) is 4. The molecular weight excluding hydrogens is 198 g/mol. The van der Waals surface area contributed by atoms with Gasteiger partial charge in [-0.1, -0.05) is 0 Å². The number of carboxylic acids is 1. The minimum atomic E-state index is -0.962. The third kappa shape index (κ3) is 3.53. The van der Waals surface area contributed by atoms with Gasteiger partial charge in [0.25, 0.3) is 0 Å². The van der Waals surface area contributed by atoms with Crippen molar-refractivity contribution in [2.24, 2.45) is 0 Å². The first-order valence-electron chi connectivity index (χ1n) is 4.65. The van der Waals surface area contributed by atoms with E-state index in [2.05, 4.69) is 4.98 Å². The predicted octanol–water partition coefficient (Wildman–Crippen LogP) is 1.27. The molecule has 0 fully saturated rings. The highest BCUT2D eigenvalue weighted by molar-refractivity contribution is 5.83. The van der Waals surface area contributed by atoms with Crippen LogP contribution in [0.5, 0.6) is 0 Å². The molecule has 0 spiro atoms. The molecule has 0 atom stereocenters. The third-order valence-corrected chi connectivity index (χ3v) is 1.98. The molecule has 0 aliphatic carbocycles. The van der Waals surface area contributed by atoms with Crippen molar-refractivity contribution >= 4 is 11.8 Å². The highest BCUT2D eigenvalue weighted by Gasteiger charge is 2.12. The Kier molecular flexibility index (Phi) is 3.60. The lowest BCUT2D eigenvalue weighted by Gasteiger charge is -1.96. The number of hydrogen-bond donors (Lipinski definition) is 1. The molecule has 5 heteroatoms. The molecule has 1 aromatic rings. The van der Waals surface area contributed by atoms with E-state index in [-0.39, 0.29) is 25.0 Å². The zero-order chi connectivity index (χ0) is 11.4. The molecule has 1 aromatic heterocycles. The smallest absolute Gasteiger partial charge is 0.303 e. The van der Waals surface area contributed by atoms with Gasteiger partial charge in [-0.15, -0.1) is 0 Å². The molecule has 0 radical (unpaired) electrons. The Hall–Kier alpha value is -1.65. The summed E-state index contributed by atoms with van der Waals surface area (Å²) in [5, 5.41) is 8.40. The zero-order valence-corrected chi connectivity index (χ0v) is 8.74. The van der Waals surface area contributed by atoms with Crippen LogP contribution in [0.4, 0.5) is 0 Å². The van der Waals surface area contributed by atoms with Crippen LogP contribution in [-0.4, -0.2) is 21.8 Å². The number of carboxylic acid groups (broad SMARTS) is 1. The minimum Gasteiger partial charge on any atom is -0.481 e. The van der Waals surface area contributed by atoms with E-state index in [1.54, 1.807) is 13.8 Å². The van der Waals surface area contributed by atoms with E-state index in [9.17, 15) is 9.59 Å². The van der Waals surface area contributed by atoms with Crippen LogP contribution in [0, 0.1) is 13.8 Å². The highest BCUT2D eigenvalue weighted by Crippen LogP contribution is 2.10. The summed E-state index contributed by atoms with van der Waals surface area (Å²) >= 11 is 0. The summed E-state index contributed by atoms with van der Waals surface area (Å²) in [5.74, 6) is 0.0508. The lowest BCUT2D eigenvalue weighted by Crippen LogP contribution is -2.07. The van der Waals surface area contributed by atoms with Crippen molar-refractivity contribution in [3.8, 4) is 0 Å². The second-order valence-corrected chi connectivity index (χ2v) is 3.34. The van der Waals surface area contributed by atoms with Gasteiger partial charge in [0.2, 0.25) is 0 Å². The quantitative estimate of drug-likeness (QED) is 0.793. The first-order valence-corrected chi connectivity index (χ1v) is 4.65. The summed E-state index contributed by atoms with van der Waals surface area (Å²) in [4.78, 5) is 25.6. The molecule has 5 nitrogen and oxygen atoms in total. The number of Topliss-reactive ketones (excluding diaryl/α,β-unsaturated/α-hetero) is 1. The summed E-state index contributed by atoms with van der Waals surface area (Å²) in [6, 6.07) is 0. The molecule has 0 saturated carbocycles. The van der Waals surface area contributed by atoms with E-state index in [1.807, 2.05) is 0 Å². The van der Waals surface area contributed by atoms with Gasteiger partial charge in [0, 0.05) is 13.3 Å². The van der Waals surface area contributed by atoms with E-state index < -0.39 is 5.97 Å². The van der Waals surface area contributed by atoms with Crippen LogP contribution in [-0.2, 0) is 16.0 Å². The maximum absolute atomic E-state index is 11.3. The Morgan fingerprint density at radius 1 is 1.33 bits per heavy atom. The van der Waals surface area contributed by atoms with Crippen molar-refractivity contribution in [3.63, 3.8) is 0 Å². The van der Waals surface area contributed by atoms with Gasteiger partial charge in [0.1, 0.15) is 11.5 Å². The van der Waals surface area contributed by atoms with Crippen molar-refractivity contribution < 1.29 is 19.1 Å². The fourth-order valence-electron chi connectivity index (χ4n) is 1.26. The number of carbonyl (C=O) groups is 2. The SMILES string of the molecule is Cc1nc(CC(=O)CCC(=O)O)c(C)o1. The monoisotopic (exact) mass is 211 g/mol. The topological polar surface area (TPSA) is 80.4 Å². The van der Waals surface area contributed by atoms with Crippen molar-refractivity contribution in [2.45, 2.75) is 33.1 Å². The average molecular weight is 211 g/mol. The van der Waals surface area contributed by atoms with Gasteiger partial charge in [-0.3, -0.25) is 9.59 Å². The molecule has 82 valence electrons. The number of carbonyl (C=O) groups excluding carboxylic acids is 1. The normalized spacial score (nSPS) is 10.3. The number of nitrogens with zero attached hydrogens (tertiary/aromatic N) is 1. The molecule has 1 heterocycles. The number of oxazole rings is 1. The van der Waals surface area contributed by atoms with Gasteiger partial charge in [0.05, 0.1) is 18.5 Å². The molecule has 15 heavy (non-hydrogen) atoms. The van der Waals surface area contributed by atoms with Crippen LogP contribution >= 0.6 is 0 Å². The van der Waals surface area contributed by atoms with Gasteiger partial charge in [-0.05, 0) is 6.92 Å². The van der Waals surface area contributed by atoms with Crippen LogP contribution in [0.3, 0.4) is 0 Å².